The van der Waals surface area contributed by atoms with Gasteiger partial charge in [-0.05, 0) is 49.3 Å². The third-order valence-electron chi connectivity index (χ3n) is 3.99. The fourth-order valence-electron chi connectivity index (χ4n) is 2.87. The van der Waals surface area contributed by atoms with Gasteiger partial charge in [0, 0.05) is 31.8 Å². The third kappa shape index (κ3) is 4.23. The first kappa shape index (κ1) is 14.9. The van der Waals surface area contributed by atoms with Crippen LogP contribution in [0, 0.1) is 5.92 Å². The minimum absolute atomic E-state index is 0.218. The Morgan fingerprint density at radius 3 is 3.05 bits per heavy atom. The lowest BCUT2D eigenvalue weighted by Gasteiger charge is -2.32. The highest BCUT2D eigenvalue weighted by Crippen LogP contribution is 2.20. The van der Waals surface area contributed by atoms with Gasteiger partial charge in [-0.15, -0.1) is 0 Å². The molecule has 1 aliphatic rings. The lowest BCUT2D eigenvalue weighted by Crippen LogP contribution is -2.40. The van der Waals surface area contributed by atoms with E-state index >= 15 is 0 Å². The van der Waals surface area contributed by atoms with Crippen LogP contribution in [-0.2, 0) is 11.2 Å². The Hall–Kier alpha value is -1.55. The number of nitrogens with zero attached hydrogens (tertiary/aromatic N) is 1. The van der Waals surface area contributed by atoms with E-state index < -0.39 is 0 Å². The first-order chi connectivity index (χ1) is 9.69. The summed E-state index contributed by atoms with van der Waals surface area (Å²) in [5.41, 5.74) is 7.60. The number of piperidine rings is 1. The fourth-order valence-corrected chi connectivity index (χ4v) is 2.87. The van der Waals surface area contributed by atoms with E-state index in [9.17, 15) is 4.79 Å². The highest BCUT2D eigenvalue weighted by atomic mass is 16.3. The topological polar surface area (TPSA) is 66.6 Å². The van der Waals surface area contributed by atoms with Crippen LogP contribution in [0.1, 0.15) is 31.2 Å². The molecule has 1 unspecified atom stereocenters. The maximum Gasteiger partial charge on any atom is 0.222 e. The molecule has 0 spiro atoms. The molecule has 0 aliphatic carbocycles. The Labute approximate surface area is 120 Å². The second kappa shape index (κ2) is 7.29. The van der Waals surface area contributed by atoms with Crippen molar-refractivity contribution in [2.24, 2.45) is 5.92 Å². The van der Waals surface area contributed by atoms with Crippen LogP contribution in [0.4, 0.5) is 5.69 Å². The Kier molecular flexibility index (Phi) is 5.41. The molecule has 1 atom stereocenters. The summed E-state index contributed by atoms with van der Waals surface area (Å²) in [4.78, 5) is 14.2. The molecule has 3 N–H and O–H groups in total. The predicted octanol–water partition coefficient (Wildman–Crippen LogP) is 1.82. The number of aliphatic hydroxyl groups is 1. The van der Waals surface area contributed by atoms with Crippen LogP contribution in [0.5, 0.6) is 0 Å². The zero-order valence-electron chi connectivity index (χ0n) is 11.9. The number of rotatable bonds is 5. The summed E-state index contributed by atoms with van der Waals surface area (Å²) in [6.45, 7) is 1.88. The van der Waals surface area contributed by atoms with Crippen LogP contribution in [-0.4, -0.2) is 35.6 Å². The smallest absolute Gasteiger partial charge is 0.222 e. The Bertz CT molecular complexity index is 446. The summed E-state index contributed by atoms with van der Waals surface area (Å²) in [6.07, 6.45) is 4.26. The van der Waals surface area contributed by atoms with E-state index in [1.54, 1.807) is 0 Å². The van der Waals surface area contributed by atoms with E-state index in [1.165, 1.54) is 0 Å². The zero-order valence-corrected chi connectivity index (χ0v) is 11.9. The lowest BCUT2D eigenvalue weighted by atomic mass is 9.95. The summed E-state index contributed by atoms with van der Waals surface area (Å²) in [5.74, 6) is 0.681. The molecule has 1 amide bonds. The number of hydrogen-bond acceptors (Lipinski definition) is 3. The number of hydrogen-bond donors (Lipinski definition) is 2. The quantitative estimate of drug-likeness (QED) is 0.806. The van der Waals surface area contributed by atoms with Gasteiger partial charge in [0.05, 0.1) is 0 Å². The Morgan fingerprint density at radius 1 is 1.45 bits per heavy atom. The van der Waals surface area contributed by atoms with Crippen molar-refractivity contribution in [3.8, 4) is 0 Å². The second-order valence-electron chi connectivity index (χ2n) is 5.61. The molecule has 1 heterocycles. The summed E-state index contributed by atoms with van der Waals surface area (Å²) < 4.78 is 0. The first-order valence-corrected chi connectivity index (χ1v) is 7.42. The first-order valence-electron chi connectivity index (χ1n) is 7.42. The van der Waals surface area contributed by atoms with Crippen molar-refractivity contribution in [1.29, 1.82) is 0 Å². The van der Waals surface area contributed by atoms with Gasteiger partial charge in [-0.25, -0.2) is 0 Å². The average Bonchev–Trinajstić information content (AvgIpc) is 2.45. The molecule has 0 radical (unpaired) electrons. The van der Waals surface area contributed by atoms with Gasteiger partial charge in [-0.2, -0.15) is 0 Å². The van der Waals surface area contributed by atoms with Gasteiger partial charge >= 0.3 is 0 Å². The third-order valence-corrected chi connectivity index (χ3v) is 3.99. The monoisotopic (exact) mass is 276 g/mol. The molecule has 2 rings (SSSR count). The minimum Gasteiger partial charge on any atom is -0.399 e. The van der Waals surface area contributed by atoms with Crippen molar-refractivity contribution in [1.82, 2.24) is 4.90 Å². The molecular formula is C16H24N2O2. The minimum atomic E-state index is 0.218. The van der Waals surface area contributed by atoms with Crippen LogP contribution in [0.2, 0.25) is 0 Å². The largest absolute Gasteiger partial charge is 0.399 e. The van der Waals surface area contributed by atoms with E-state index in [4.69, 9.17) is 10.8 Å². The predicted molar refractivity (Wildman–Crippen MR) is 80.2 cm³/mol. The van der Waals surface area contributed by atoms with E-state index in [0.717, 1.165) is 50.0 Å². The second-order valence-corrected chi connectivity index (χ2v) is 5.61. The summed E-state index contributed by atoms with van der Waals surface area (Å²) >= 11 is 0. The molecular weight excluding hydrogens is 252 g/mol. The number of amides is 1. The summed E-state index contributed by atoms with van der Waals surface area (Å²) in [5, 5.41) is 9.01. The molecule has 0 saturated carbocycles. The number of nitrogen functional groups attached to an aromatic ring is 1. The number of aryl methyl sites for hydroxylation is 1. The molecule has 110 valence electrons. The molecule has 4 heteroatoms. The lowest BCUT2D eigenvalue weighted by molar-refractivity contribution is -0.133. The highest BCUT2D eigenvalue weighted by Gasteiger charge is 2.22. The fraction of sp³-hybridized carbons (Fsp3) is 0.562. The maximum atomic E-state index is 12.2. The van der Waals surface area contributed by atoms with Gasteiger partial charge in [0.1, 0.15) is 0 Å². The summed E-state index contributed by atoms with van der Waals surface area (Å²) in [7, 11) is 0. The molecule has 1 aromatic carbocycles. The molecule has 20 heavy (non-hydrogen) atoms. The van der Waals surface area contributed by atoms with Gasteiger partial charge in [0.15, 0.2) is 0 Å². The van der Waals surface area contributed by atoms with E-state index in [-0.39, 0.29) is 12.5 Å². The van der Waals surface area contributed by atoms with Crippen LogP contribution in [0.15, 0.2) is 24.3 Å². The van der Waals surface area contributed by atoms with Crippen molar-refractivity contribution in [2.75, 3.05) is 25.4 Å². The number of anilines is 1. The van der Waals surface area contributed by atoms with E-state index in [2.05, 4.69) is 0 Å². The van der Waals surface area contributed by atoms with Crippen molar-refractivity contribution in [3.05, 3.63) is 29.8 Å². The van der Waals surface area contributed by atoms with Gasteiger partial charge in [0.25, 0.3) is 0 Å². The van der Waals surface area contributed by atoms with Gasteiger partial charge in [-0.3, -0.25) is 4.79 Å². The highest BCUT2D eigenvalue weighted by molar-refractivity contribution is 5.76. The summed E-state index contributed by atoms with van der Waals surface area (Å²) in [6, 6.07) is 7.72. The zero-order chi connectivity index (χ0) is 14.4. The number of carbonyl (C=O) groups excluding carboxylic acids is 1. The van der Waals surface area contributed by atoms with Gasteiger partial charge < -0.3 is 15.7 Å². The standard InChI is InChI=1S/C16H24N2O2/c17-15-5-1-3-13(11-15)6-7-16(20)18-9-2-4-14(12-18)8-10-19/h1,3,5,11,14,19H,2,4,6-10,12,17H2. The number of carbonyl (C=O) groups is 1. The van der Waals surface area contributed by atoms with Crippen LogP contribution >= 0.6 is 0 Å². The molecule has 0 bridgehead atoms. The number of likely N-dealkylation sites (tertiary alicyclic amines) is 1. The van der Waals surface area contributed by atoms with Crippen molar-refractivity contribution < 1.29 is 9.90 Å². The van der Waals surface area contributed by atoms with Crippen molar-refractivity contribution >= 4 is 11.6 Å². The van der Waals surface area contributed by atoms with E-state index in [1.807, 2.05) is 29.2 Å². The maximum absolute atomic E-state index is 12.2. The molecule has 0 aromatic heterocycles. The number of benzene rings is 1. The normalized spacial score (nSPS) is 19.1. The van der Waals surface area contributed by atoms with Crippen LogP contribution < -0.4 is 5.73 Å². The molecule has 1 aromatic rings. The van der Waals surface area contributed by atoms with Crippen LogP contribution in [0.3, 0.4) is 0 Å². The number of nitrogens with two attached hydrogens (primary N) is 1. The average molecular weight is 276 g/mol. The van der Waals surface area contributed by atoms with Gasteiger partial charge in [0.2, 0.25) is 5.91 Å². The molecule has 1 aliphatic heterocycles. The molecule has 4 nitrogen and oxygen atoms in total. The van der Waals surface area contributed by atoms with Crippen LogP contribution in [0.25, 0.3) is 0 Å². The van der Waals surface area contributed by atoms with Gasteiger partial charge in [-0.1, -0.05) is 12.1 Å². The molecule has 1 fully saturated rings. The number of aliphatic hydroxyl groups excluding tert-OH is 1. The van der Waals surface area contributed by atoms with Crippen molar-refractivity contribution in [2.45, 2.75) is 32.1 Å². The Balaban J connectivity index is 1.82. The SMILES string of the molecule is Nc1cccc(CCC(=O)N2CCCC(CCO)C2)c1. The van der Waals surface area contributed by atoms with E-state index in [0.29, 0.717) is 12.3 Å². The molecule has 1 saturated heterocycles. The Morgan fingerprint density at radius 2 is 2.30 bits per heavy atom. The van der Waals surface area contributed by atoms with Crippen molar-refractivity contribution in [3.63, 3.8) is 0 Å².